The number of aromatic nitrogens is 1. The third-order valence-corrected chi connectivity index (χ3v) is 4.15. The second kappa shape index (κ2) is 5.24. The van der Waals surface area contributed by atoms with Gasteiger partial charge in [0.2, 0.25) is 15.9 Å². The minimum absolute atomic E-state index is 0.0648. The van der Waals surface area contributed by atoms with E-state index in [4.69, 9.17) is 4.52 Å². The first-order valence-corrected chi connectivity index (χ1v) is 7.62. The van der Waals surface area contributed by atoms with Crippen molar-refractivity contribution in [3.05, 3.63) is 46.4 Å². The van der Waals surface area contributed by atoms with Gasteiger partial charge in [-0.3, -0.25) is 4.72 Å². The Morgan fingerprint density at radius 2 is 2.00 bits per heavy atom. The molecule has 0 aliphatic rings. The van der Waals surface area contributed by atoms with E-state index in [-0.39, 0.29) is 11.4 Å². The first-order chi connectivity index (χ1) is 9.28. The molecular formula is C13H15FN2O3S. The largest absolute Gasteiger partial charge is 0.337 e. The number of nitrogens with zero attached hydrogens (tertiary/aromatic N) is 1. The Bertz CT molecular complexity index is 738. The molecule has 0 saturated heterocycles. The van der Waals surface area contributed by atoms with Crippen LogP contribution < -0.4 is 4.72 Å². The number of hydrogen-bond acceptors (Lipinski definition) is 4. The molecule has 0 aliphatic heterocycles. The molecular weight excluding hydrogens is 283 g/mol. The number of nitrogens with one attached hydrogen (secondary N) is 1. The van der Waals surface area contributed by atoms with Crippen LogP contribution in [0.1, 0.15) is 22.4 Å². The molecule has 20 heavy (non-hydrogen) atoms. The number of rotatable bonds is 4. The molecule has 0 amide bonds. The summed E-state index contributed by atoms with van der Waals surface area (Å²) in [5, 5.41) is 3.66. The van der Waals surface area contributed by atoms with E-state index in [1.165, 1.54) is 12.1 Å². The zero-order chi connectivity index (χ0) is 14.9. The van der Waals surface area contributed by atoms with Crippen molar-refractivity contribution in [3.8, 4) is 0 Å². The smallest absolute Gasteiger partial charge is 0.241 e. The molecule has 2 rings (SSSR count). The summed E-state index contributed by atoms with van der Waals surface area (Å²) in [5.74, 6) is -0.936. The van der Waals surface area contributed by atoms with Crippen LogP contribution in [-0.4, -0.2) is 13.6 Å². The molecule has 2 aromatic rings. The average molecular weight is 298 g/mol. The van der Waals surface area contributed by atoms with Crippen LogP contribution >= 0.6 is 0 Å². The average Bonchev–Trinajstić information content (AvgIpc) is 2.64. The molecule has 0 atom stereocenters. The van der Waals surface area contributed by atoms with Gasteiger partial charge in [-0.25, -0.2) is 12.8 Å². The number of aryl methyl sites for hydroxylation is 2. The van der Waals surface area contributed by atoms with Crippen LogP contribution in [0.2, 0.25) is 0 Å². The maximum atomic E-state index is 13.7. The van der Waals surface area contributed by atoms with Crippen molar-refractivity contribution < 1.29 is 17.3 Å². The predicted octanol–water partition coefficient (Wildman–Crippen LogP) is 2.68. The van der Waals surface area contributed by atoms with Crippen LogP contribution in [-0.2, 0) is 15.8 Å². The van der Waals surface area contributed by atoms with Gasteiger partial charge in [-0.1, -0.05) is 17.3 Å². The highest BCUT2D eigenvalue weighted by Crippen LogP contribution is 2.20. The highest BCUT2D eigenvalue weighted by atomic mass is 32.2. The van der Waals surface area contributed by atoms with Gasteiger partial charge in [0.1, 0.15) is 5.82 Å². The minimum atomic E-state index is -3.76. The van der Waals surface area contributed by atoms with E-state index in [0.29, 0.717) is 11.3 Å². The van der Waals surface area contributed by atoms with Crippen LogP contribution in [0.5, 0.6) is 0 Å². The SMILES string of the molecule is Cc1ccc(CS(=O)(=O)Nc2onc(C)c2C)c(F)c1. The molecule has 0 fully saturated rings. The molecule has 5 nitrogen and oxygen atoms in total. The van der Waals surface area contributed by atoms with E-state index < -0.39 is 21.6 Å². The van der Waals surface area contributed by atoms with Crippen molar-refractivity contribution >= 4 is 15.9 Å². The maximum absolute atomic E-state index is 13.7. The monoisotopic (exact) mass is 298 g/mol. The fourth-order valence-corrected chi connectivity index (χ4v) is 2.85. The van der Waals surface area contributed by atoms with Gasteiger partial charge in [-0.15, -0.1) is 0 Å². The standard InChI is InChI=1S/C13H15FN2O3S/c1-8-4-5-11(12(14)6-8)7-20(17,18)16-13-9(2)10(3)15-19-13/h4-6,16H,7H2,1-3H3. The number of anilines is 1. The summed E-state index contributed by atoms with van der Waals surface area (Å²) in [7, 11) is -3.76. The maximum Gasteiger partial charge on any atom is 0.241 e. The quantitative estimate of drug-likeness (QED) is 0.942. The Morgan fingerprint density at radius 1 is 1.30 bits per heavy atom. The molecule has 0 unspecified atom stereocenters. The Hall–Kier alpha value is -1.89. The van der Waals surface area contributed by atoms with Gasteiger partial charge >= 0.3 is 0 Å². The topological polar surface area (TPSA) is 72.2 Å². The summed E-state index contributed by atoms with van der Waals surface area (Å²) < 4.78 is 44.8. The van der Waals surface area contributed by atoms with Gasteiger partial charge in [0.15, 0.2) is 0 Å². The highest BCUT2D eigenvalue weighted by molar-refractivity contribution is 7.91. The lowest BCUT2D eigenvalue weighted by Crippen LogP contribution is -2.16. The van der Waals surface area contributed by atoms with Crippen LogP contribution in [0.15, 0.2) is 22.7 Å². The first kappa shape index (κ1) is 14.5. The summed E-state index contributed by atoms with van der Waals surface area (Å²) >= 11 is 0. The molecule has 1 N–H and O–H groups in total. The molecule has 1 aromatic heterocycles. The summed E-state index contributed by atoms with van der Waals surface area (Å²) in [5.41, 5.74) is 2.05. The molecule has 0 aliphatic carbocycles. The van der Waals surface area contributed by atoms with Gasteiger partial charge in [0, 0.05) is 11.1 Å². The molecule has 1 aromatic carbocycles. The zero-order valence-electron chi connectivity index (χ0n) is 11.4. The van der Waals surface area contributed by atoms with Crippen molar-refractivity contribution in [2.75, 3.05) is 4.72 Å². The second-order valence-electron chi connectivity index (χ2n) is 4.68. The fraction of sp³-hybridized carbons (Fsp3) is 0.308. The number of hydrogen-bond donors (Lipinski definition) is 1. The van der Waals surface area contributed by atoms with Crippen LogP contribution in [0.4, 0.5) is 10.3 Å². The number of sulfonamides is 1. The Balaban J connectivity index is 2.21. The van der Waals surface area contributed by atoms with Gasteiger partial charge in [-0.05, 0) is 32.4 Å². The number of benzene rings is 1. The predicted molar refractivity (Wildman–Crippen MR) is 73.4 cm³/mol. The summed E-state index contributed by atoms with van der Waals surface area (Å²) in [4.78, 5) is 0. The van der Waals surface area contributed by atoms with Gasteiger partial charge in [0.05, 0.1) is 11.4 Å². The van der Waals surface area contributed by atoms with E-state index in [9.17, 15) is 12.8 Å². The third kappa shape index (κ3) is 3.16. The Labute approximate surface area is 116 Å². The molecule has 1 heterocycles. The van der Waals surface area contributed by atoms with Gasteiger partial charge < -0.3 is 4.52 Å². The summed E-state index contributed by atoms with van der Waals surface area (Å²) in [6.07, 6.45) is 0. The first-order valence-electron chi connectivity index (χ1n) is 5.97. The molecule has 108 valence electrons. The highest BCUT2D eigenvalue weighted by Gasteiger charge is 2.19. The van der Waals surface area contributed by atoms with Crippen molar-refractivity contribution in [2.24, 2.45) is 0 Å². The van der Waals surface area contributed by atoms with Crippen LogP contribution in [0, 0.1) is 26.6 Å². The lowest BCUT2D eigenvalue weighted by molar-refractivity contribution is 0.430. The van der Waals surface area contributed by atoms with E-state index >= 15 is 0 Å². The van der Waals surface area contributed by atoms with Crippen molar-refractivity contribution in [1.82, 2.24) is 5.16 Å². The van der Waals surface area contributed by atoms with Crippen molar-refractivity contribution in [1.29, 1.82) is 0 Å². The summed E-state index contributed by atoms with van der Waals surface area (Å²) in [6, 6.07) is 4.43. The van der Waals surface area contributed by atoms with E-state index in [1.54, 1.807) is 26.8 Å². The molecule has 0 spiro atoms. The van der Waals surface area contributed by atoms with Crippen molar-refractivity contribution in [2.45, 2.75) is 26.5 Å². The lowest BCUT2D eigenvalue weighted by Gasteiger charge is -2.07. The second-order valence-corrected chi connectivity index (χ2v) is 6.40. The van der Waals surface area contributed by atoms with E-state index in [1.807, 2.05) is 0 Å². The Kier molecular flexibility index (Phi) is 3.80. The molecule has 7 heteroatoms. The zero-order valence-corrected chi connectivity index (χ0v) is 12.2. The van der Waals surface area contributed by atoms with Crippen molar-refractivity contribution in [3.63, 3.8) is 0 Å². The van der Waals surface area contributed by atoms with E-state index in [0.717, 1.165) is 5.56 Å². The normalized spacial score (nSPS) is 11.6. The van der Waals surface area contributed by atoms with Crippen LogP contribution in [0.25, 0.3) is 0 Å². The van der Waals surface area contributed by atoms with Gasteiger partial charge in [0.25, 0.3) is 0 Å². The summed E-state index contributed by atoms with van der Waals surface area (Å²) in [6.45, 7) is 5.13. The minimum Gasteiger partial charge on any atom is -0.337 e. The lowest BCUT2D eigenvalue weighted by atomic mass is 10.2. The molecule has 0 radical (unpaired) electrons. The molecule has 0 bridgehead atoms. The van der Waals surface area contributed by atoms with Crippen LogP contribution in [0.3, 0.4) is 0 Å². The third-order valence-electron chi connectivity index (χ3n) is 2.96. The Morgan fingerprint density at radius 3 is 2.55 bits per heavy atom. The van der Waals surface area contributed by atoms with E-state index in [2.05, 4.69) is 9.88 Å². The number of halogens is 1. The molecule has 0 saturated carbocycles. The fourth-order valence-electron chi connectivity index (χ4n) is 1.66. The van der Waals surface area contributed by atoms with Gasteiger partial charge in [-0.2, -0.15) is 0 Å².